The van der Waals surface area contributed by atoms with Crippen LogP contribution in [0.2, 0.25) is 0 Å². The van der Waals surface area contributed by atoms with Crippen molar-refractivity contribution in [2.75, 3.05) is 5.75 Å². The van der Waals surface area contributed by atoms with Crippen molar-refractivity contribution < 1.29 is 9.90 Å². The van der Waals surface area contributed by atoms with Crippen molar-refractivity contribution in [3.8, 4) is 0 Å². The Balaban J connectivity index is 2.31. The zero-order chi connectivity index (χ0) is 12.3. The van der Waals surface area contributed by atoms with E-state index in [4.69, 9.17) is 5.11 Å². The summed E-state index contributed by atoms with van der Waals surface area (Å²) >= 11 is 1.74. The molecule has 0 aromatic heterocycles. The van der Waals surface area contributed by atoms with E-state index >= 15 is 0 Å². The lowest BCUT2D eigenvalue weighted by molar-refractivity contribution is -0.138. The van der Waals surface area contributed by atoms with E-state index in [1.807, 2.05) is 0 Å². The van der Waals surface area contributed by atoms with E-state index in [-0.39, 0.29) is 6.04 Å². The minimum Gasteiger partial charge on any atom is -0.480 e. The number of aliphatic carboxylic acids is 1. The molecule has 1 aliphatic heterocycles. The summed E-state index contributed by atoms with van der Waals surface area (Å²) in [5.74, 6) is 0.610. The first-order valence-corrected chi connectivity index (χ1v) is 6.93. The van der Waals surface area contributed by atoms with Gasteiger partial charge in [0.1, 0.15) is 6.04 Å². The maximum Gasteiger partial charge on any atom is 0.321 e. The van der Waals surface area contributed by atoms with Crippen LogP contribution < -0.4 is 5.32 Å². The fraction of sp³-hybridized carbons (Fsp3) is 0.917. The van der Waals surface area contributed by atoms with E-state index in [0.717, 1.165) is 6.42 Å². The summed E-state index contributed by atoms with van der Waals surface area (Å²) in [5, 5.41) is 12.4. The normalized spacial score (nSPS) is 28.0. The third kappa shape index (κ3) is 4.74. The molecule has 1 rings (SSSR count). The Bertz CT molecular complexity index is 250. The summed E-state index contributed by atoms with van der Waals surface area (Å²) in [6.45, 7) is 9.00. The molecule has 1 heterocycles. The molecule has 1 saturated heterocycles. The van der Waals surface area contributed by atoms with Crippen molar-refractivity contribution in [2.45, 2.75) is 52.0 Å². The molecule has 94 valence electrons. The first kappa shape index (κ1) is 13.8. The lowest BCUT2D eigenvalue weighted by Crippen LogP contribution is -2.37. The van der Waals surface area contributed by atoms with Gasteiger partial charge in [-0.3, -0.25) is 10.1 Å². The van der Waals surface area contributed by atoms with Crippen LogP contribution in [-0.2, 0) is 4.79 Å². The maximum atomic E-state index is 10.8. The first-order valence-electron chi connectivity index (χ1n) is 5.88. The van der Waals surface area contributed by atoms with Crippen LogP contribution in [0.3, 0.4) is 0 Å². The van der Waals surface area contributed by atoms with Crippen LogP contribution in [0.25, 0.3) is 0 Å². The van der Waals surface area contributed by atoms with Crippen LogP contribution in [0, 0.1) is 11.3 Å². The Labute approximate surface area is 102 Å². The quantitative estimate of drug-likeness (QED) is 0.799. The minimum absolute atomic E-state index is 0.318. The van der Waals surface area contributed by atoms with Crippen molar-refractivity contribution in [1.29, 1.82) is 0 Å². The molecule has 0 aliphatic carbocycles. The van der Waals surface area contributed by atoms with Crippen molar-refractivity contribution in [2.24, 2.45) is 11.3 Å². The number of hydrogen-bond donors (Lipinski definition) is 2. The van der Waals surface area contributed by atoms with Crippen molar-refractivity contribution in [3.05, 3.63) is 0 Å². The van der Waals surface area contributed by atoms with Gasteiger partial charge in [0.15, 0.2) is 0 Å². The second-order valence-electron chi connectivity index (χ2n) is 5.99. The van der Waals surface area contributed by atoms with Crippen molar-refractivity contribution in [3.63, 3.8) is 0 Å². The predicted octanol–water partition coefficient (Wildman–Crippen LogP) is 2.56. The molecule has 3 atom stereocenters. The molecular formula is C12H23NO2S. The van der Waals surface area contributed by atoms with Crippen LogP contribution >= 0.6 is 11.8 Å². The maximum absolute atomic E-state index is 10.8. The van der Waals surface area contributed by atoms with Gasteiger partial charge in [0.2, 0.25) is 0 Å². The van der Waals surface area contributed by atoms with E-state index in [1.165, 1.54) is 6.42 Å². The van der Waals surface area contributed by atoms with Crippen LogP contribution in [0.1, 0.15) is 40.5 Å². The van der Waals surface area contributed by atoms with Crippen molar-refractivity contribution >= 4 is 17.7 Å². The first-order chi connectivity index (χ1) is 7.28. The molecule has 1 aliphatic rings. The second kappa shape index (κ2) is 5.41. The number of hydrogen-bond acceptors (Lipinski definition) is 3. The molecule has 0 radical (unpaired) electrons. The third-order valence-electron chi connectivity index (χ3n) is 2.73. The van der Waals surface area contributed by atoms with Gasteiger partial charge in [-0.05, 0) is 24.2 Å². The second-order valence-corrected chi connectivity index (χ2v) is 7.22. The van der Waals surface area contributed by atoms with Gasteiger partial charge in [-0.25, -0.2) is 0 Å². The van der Waals surface area contributed by atoms with E-state index in [0.29, 0.717) is 22.5 Å². The Morgan fingerprint density at radius 3 is 2.62 bits per heavy atom. The molecule has 3 nitrogen and oxygen atoms in total. The summed E-state index contributed by atoms with van der Waals surface area (Å²) < 4.78 is 0. The lowest BCUT2D eigenvalue weighted by atomic mass is 9.84. The zero-order valence-electron chi connectivity index (χ0n) is 10.6. The zero-order valence-corrected chi connectivity index (χ0v) is 11.4. The average molecular weight is 245 g/mol. The van der Waals surface area contributed by atoms with Gasteiger partial charge in [0.25, 0.3) is 0 Å². The standard InChI is InChI=1S/C12H23NO2S/c1-8(6-12(2,3)4)5-10-13-9(7-16-10)11(14)15/h8-10,13H,5-7H2,1-4H3,(H,14,15). The third-order valence-corrected chi connectivity index (χ3v) is 3.98. The Morgan fingerprint density at radius 2 is 2.19 bits per heavy atom. The fourth-order valence-electron chi connectivity index (χ4n) is 2.31. The number of carbonyl (C=O) groups is 1. The SMILES string of the molecule is CC(CC1NC(C(=O)O)CS1)CC(C)(C)C. The highest BCUT2D eigenvalue weighted by Gasteiger charge is 2.30. The Hall–Kier alpha value is -0.220. The van der Waals surface area contributed by atoms with Crippen LogP contribution in [0.5, 0.6) is 0 Å². The van der Waals surface area contributed by atoms with Gasteiger partial charge >= 0.3 is 5.97 Å². The molecule has 0 aromatic carbocycles. The Morgan fingerprint density at radius 1 is 1.56 bits per heavy atom. The number of rotatable bonds is 4. The molecule has 16 heavy (non-hydrogen) atoms. The minimum atomic E-state index is -0.724. The van der Waals surface area contributed by atoms with Gasteiger partial charge in [0, 0.05) is 5.75 Å². The number of thioether (sulfide) groups is 1. The predicted molar refractivity (Wildman–Crippen MR) is 68.7 cm³/mol. The van der Waals surface area contributed by atoms with Gasteiger partial charge in [-0.15, -0.1) is 11.8 Å². The lowest BCUT2D eigenvalue weighted by Gasteiger charge is -2.25. The molecule has 1 fully saturated rings. The summed E-state index contributed by atoms with van der Waals surface area (Å²) in [4.78, 5) is 10.8. The number of carboxylic acids is 1. The summed E-state index contributed by atoms with van der Waals surface area (Å²) in [6, 6.07) is -0.350. The number of nitrogens with one attached hydrogen (secondary N) is 1. The molecule has 4 heteroatoms. The molecule has 2 N–H and O–H groups in total. The summed E-state index contributed by atoms with van der Waals surface area (Å²) in [5.41, 5.74) is 0.356. The van der Waals surface area contributed by atoms with E-state index in [2.05, 4.69) is 33.0 Å². The van der Waals surface area contributed by atoms with Crippen molar-refractivity contribution in [1.82, 2.24) is 5.32 Å². The summed E-state index contributed by atoms with van der Waals surface area (Å²) in [6.07, 6.45) is 2.25. The average Bonchev–Trinajstić information content (AvgIpc) is 2.48. The van der Waals surface area contributed by atoms with E-state index in [9.17, 15) is 4.79 Å². The highest BCUT2D eigenvalue weighted by molar-refractivity contribution is 8.00. The highest BCUT2D eigenvalue weighted by atomic mass is 32.2. The largest absolute Gasteiger partial charge is 0.480 e. The fourth-order valence-corrected chi connectivity index (χ4v) is 3.69. The number of carboxylic acid groups (broad SMARTS) is 1. The molecule has 0 aromatic rings. The van der Waals surface area contributed by atoms with Gasteiger partial charge < -0.3 is 5.11 Å². The van der Waals surface area contributed by atoms with Crippen LogP contribution in [0.4, 0.5) is 0 Å². The molecule has 0 saturated carbocycles. The molecular weight excluding hydrogens is 222 g/mol. The molecule has 0 bridgehead atoms. The molecule has 3 unspecified atom stereocenters. The smallest absolute Gasteiger partial charge is 0.321 e. The molecule has 0 amide bonds. The summed E-state index contributed by atoms with van der Waals surface area (Å²) in [7, 11) is 0. The van der Waals surface area contributed by atoms with E-state index < -0.39 is 5.97 Å². The monoisotopic (exact) mass is 245 g/mol. The van der Waals surface area contributed by atoms with Crippen LogP contribution in [0.15, 0.2) is 0 Å². The van der Waals surface area contributed by atoms with E-state index in [1.54, 1.807) is 11.8 Å². The van der Waals surface area contributed by atoms with Gasteiger partial charge in [0.05, 0.1) is 5.37 Å². The topological polar surface area (TPSA) is 49.3 Å². The molecule has 0 spiro atoms. The van der Waals surface area contributed by atoms with Gasteiger partial charge in [-0.2, -0.15) is 0 Å². The Kier molecular flexibility index (Phi) is 4.68. The highest BCUT2D eigenvalue weighted by Crippen LogP contribution is 2.31. The van der Waals surface area contributed by atoms with Gasteiger partial charge in [-0.1, -0.05) is 27.7 Å². The van der Waals surface area contributed by atoms with Crippen LogP contribution in [-0.4, -0.2) is 28.2 Å².